The van der Waals surface area contributed by atoms with Crippen LogP contribution in [0.5, 0.6) is 0 Å². The zero-order valence-corrected chi connectivity index (χ0v) is 18.4. The van der Waals surface area contributed by atoms with Crippen LogP contribution in [-0.4, -0.2) is 69.1 Å². The van der Waals surface area contributed by atoms with E-state index in [0.29, 0.717) is 0 Å². The number of carbonyl (C=O) groups excluding carboxylic acids is 1. The lowest BCUT2D eigenvalue weighted by Gasteiger charge is -2.32. The Labute approximate surface area is 208 Å². The standard InChI is InChI=1S/C18H7B7F3NO5S/c19-9-7(10(20)12(22)8(11(9)21)18(26,27)28)16(23)14(30)13(15(29)33-16)34-35(31,32)17(24,25)6-4-2-1-3-5-6/h1-5H,29H2/t16-/m1/s1. The first-order chi connectivity index (χ1) is 15.9. The summed E-state index contributed by atoms with van der Waals surface area (Å²) in [6, 6.07) is 6.97. The summed E-state index contributed by atoms with van der Waals surface area (Å²) in [4.78, 5) is 13.1. The number of carbonyl (C=O) groups is 1. The number of alkyl halides is 3. The lowest BCUT2D eigenvalue weighted by molar-refractivity contribution is -0.135. The summed E-state index contributed by atoms with van der Waals surface area (Å²) in [6.45, 7) is 0. The van der Waals surface area contributed by atoms with E-state index in [-0.39, 0.29) is 5.56 Å². The molecule has 0 aromatic heterocycles. The number of halogens is 3. The van der Waals surface area contributed by atoms with Crippen molar-refractivity contribution >= 4 is 92.7 Å². The van der Waals surface area contributed by atoms with Crippen LogP contribution in [0.2, 0.25) is 0 Å². The predicted molar refractivity (Wildman–Crippen MR) is 127 cm³/mol. The van der Waals surface area contributed by atoms with E-state index in [1.807, 2.05) is 0 Å². The predicted octanol–water partition coefficient (Wildman–Crippen LogP) is -3.58. The third-order valence-electron chi connectivity index (χ3n) is 5.18. The van der Waals surface area contributed by atoms with E-state index in [0.717, 1.165) is 0 Å². The number of ketones is 1. The molecule has 1 aliphatic rings. The largest absolute Gasteiger partial charge is 0.468 e. The number of nitrogens with two attached hydrogens (primary N) is 1. The fourth-order valence-corrected chi connectivity index (χ4v) is 4.29. The van der Waals surface area contributed by atoms with Crippen molar-refractivity contribution in [1.29, 1.82) is 0 Å². The topological polar surface area (TPSA) is 95.7 Å². The van der Waals surface area contributed by atoms with Gasteiger partial charge in [0.25, 0.3) is 0 Å². The SMILES string of the molecule is [B]c1c([B])c([C@@]2([B])OC(N)=C(OS(=O)(=O)C([B])([B])c3ccccc3)C2=O)c([B])c([B])c1C(F)(F)F. The molecule has 0 unspecified atom stereocenters. The lowest BCUT2D eigenvalue weighted by Crippen LogP contribution is -2.56. The van der Waals surface area contributed by atoms with Gasteiger partial charge in [-0.05, 0) is 11.1 Å². The van der Waals surface area contributed by atoms with Crippen LogP contribution >= 0.6 is 0 Å². The lowest BCUT2D eigenvalue weighted by atomic mass is 9.57. The van der Waals surface area contributed by atoms with Gasteiger partial charge in [0.1, 0.15) is 39.2 Å². The van der Waals surface area contributed by atoms with Crippen LogP contribution in [0, 0.1) is 0 Å². The molecule has 1 atom stereocenters. The van der Waals surface area contributed by atoms with Crippen molar-refractivity contribution in [3.8, 4) is 0 Å². The molecule has 0 saturated carbocycles. The minimum atomic E-state index is -5.07. The van der Waals surface area contributed by atoms with Crippen molar-refractivity contribution in [3.05, 3.63) is 58.7 Å². The Morgan fingerprint density at radius 3 is 1.89 bits per heavy atom. The maximum atomic E-state index is 13.4. The van der Waals surface area contributed by atoms with Crippen LogP contribution in [0.15, 0.2) is 42.0 Å². The molecule has 1 heterocycles. The molecule has 0 spiro atoms. The van der Waals surface area contributed by atoms with Gasteiger partial charge in [-0.25, -0.2) is 0 Å². The normalized spacial score (nSPS) is 19.0. The second-order valence-corrected chi connectivity index (χ2v) is 9.21. The Bertz CT molecular complexity index is 1340. The van der Waals surface area contributed by atoms with E-state index < -0.39 is 76.7 Å². The summed E-state index contributed by atoms with van der Waals surface area (Å²) < 4.78 is 72.9. The molecule has 2 aromatic rings. The molecule has 0 bridgehead atoms. The van der Waals surface area contributed by atoms with Crippen LogP contribution in [-0.2, 0) is 40.1 Å². The summed E-state index contributed by atoms with van der Waals surface area (Å²) in [5, 5.41) is 0. The highest BCUT2D eigenvalue weighted by atomic mass is 32.2. The second kappa shape index (κ2) is 8.53. The fourth-order valence-electron chi connectivity index (χ4n) is 3.35. The Hall–Kier alpha value is -2.56. The fraction of sp³-hybridized carbons (Fsp3) is 0.167. The Morgan fingerprint density at radius 1 is 0.943 bits per heavy atom. The minimum absolute atomic E-state index is 0.124. The molecule has 2 N–H and O–H groups in total. The molecule has 162 valence electrons. The van der Waals surface area contributed by atoms with Crippen LogP contribution in [0.3, 0.4) is 0 Å². The molecule has 0 aliphatic carbocycles. The van der Waals surface area contributed by atoms with Gasteiger partial charge in [0.2, 0.25) is 17.4 Å². The number of Topliss-reactive ketones (excluding diaryl/α,β-unsaturated/α-hetero) is 1. The molecular formula is C18H7B7F3NO5S. The molecule has 35 heavy (non-hydrogen) atoms. The van der Waals surface area contributed by atoms with Crippen molar-refractivity contribution in [2.75, 3.05) is 0 Å². The molecule has 0 saturated heterocycles. The van der Waals surface area contributed by atoms with Crippen molar-refractivity contribution in [3.63, 3.8) is 0 Å². The van der Waals surface area contributed by atoms with Gasteiger partial charge in [-0.15, -0.1) is 0 Å². The third-order valence-corrected chi connectivity index (χ3v) is 6.63. The van der Waals surface area contributed by atoms with Gasteiger partial charge < -0.3 is 14.7 Å². The molecule has 2 aromatic carbocycles. The maximum absolute atomic E-state index is 13.4. The van der Waals surface area contributed by atoms with Gasteiger partial charge in [0.15, 0.2) is 5.50 Å². The highest BCUT2D eigenvalue weighted by Crippen LogP contribution is 2.37. The quantitative estimate of drug-likeness (QED) is 0.350. The zero-order valence-electron chi connectivity index (χ0n) is 17.6. The summed E-state index contributed by atoms with van der Waals surface area (Å²) in [7, 11) is 34.8. The van der Waals surface area contributed by atoms with Crippen LogP contribution in [0.1, 0.15) is 16.7 Å². The third kappa shape index (κ3) is 4.21. The van der Waals surface area contributed by atoms with Gasteiger partial charge in [0.05, 0.1) is 20.2 Å². The average molecular weight is 482 g/mol. The van der Waals surface area contributed by atoms with E-state index in [1.54, 1.807) is 6.07 Å². The Kier molecular flexibility index (Phi) is 6.59. The number of benzene rings is 2. The van der Waals surface area contributed by atoms with E-state index in [2.05, 4.69) is 0 Å². The summed E-state index contributed by atoms with van der Waals surface area (Å²) >= 11 is 0. The van der Waals surface area contributed by atoms with Gasteiger partial charge in [-0.1, -0.05) is 52.2 Å². The molecule has 6 nitrogen and oxygen atoms in total. The molecule has 17 heteroatoms. The molecule has 1 aliphatic heterocycles. The highest BCUT2D eigenvalue weighted by Gasteiger charge is 2.52. The smallest absolute Gasteiger partial charge is 0.415 e. The van der Waals surface area contributed by atoms with Gasteiger partial charge in [-0.3, -0.25) is 4.79 Å². The van der Waals surface area contributed by atoms with E-state index >= 15 is 0 Å². The van der Waals surface area contributed by atoms with Crippen molar-refractivity contribution < 1.29 is 35.3 Å². The number of hydrogen-bond acceptors (Lipinski definition) is 6. The number of hydrogen-bond donors (Lipinski definition) is 1. The van der Waals surface area contributed by atoms with Crippen LogP contribution < -0.4 is 27.6 Å². The average Bonchev–Trinajstić information content (AvgIpc) is 2.95. The zero-order chi connectivity index (χ0) is 26.7. The highest BCUT2D eigenvalue weighted by molar-refractivity contribution is 7.90. The molecule has 0 amide bonds. The first kappa shape index (κ1) is 27.0. The molecule has 14 radical (unpaired) electrons. The van der Waals surface area contributed by atoms with Gasteiger partial charge >= 0.3 is 16.3 Å². The van der Waals surface area contributed by atoms with Crippen LogP contribution in [0.25, 0.3) is 0 Å². The van der Waals surface area contributed by atoms with E-state index in [4.69, 9.17) is 69.6 Å². The van der Waals surface area contributed by atoms with Gasteiger partial charge in [0, 0.05) is 5.56 Å². The second-order valence-electron chi connectivity index (χ2n) is 7.46. The molecule has 3 rings (SSSR count). The van der Waals surface area contributed by atoms with Gasteiger partial charge in [-0.2, -0.15) is 21.6 Å². The minimum Gasteiger partial charge on any atom is -0.468 e. The summed E-state index contributed by atoms with van der Waals surface area (Å²) in [5.74, 6) is -3.67. The maximum Gasteiger partial charge on any atom is 0.415 e. The Balaban J connectivity index is 2.08. The van der Waals surface area contributed by atoms with E-state index in [9.17, 15) is 26.4 Å². The summed E-state index contributed by atoms with van der Waals surface area (Å²) in [6.07, 6.45) is -5.07. The van der Waals surface area contributed by atoms with Crippen molar-refractivity contribution in [2.24, 2.45) is 5.73 Å². The number of ether oxygens (including phenoxy) is 1. The Morgan fingerprint density at radius 2 is 1.43 bits per heavy atom. The summed E-state index contributed by atoms with van der Waals surface area (Å²) in [5.41, 5.74) is -3.77. The first-order valence-electron chi connectivity index (χ1n) is 9.31. The van der Waals surface area contributed by atoms with E-state index in [1.165, 1.54) is 24.3 Å². The first-order valence-corrected chi connectivity index (χ1v) is 10.7. The molecular weight excluding hydrogens is 475 g/mol. The van der Waals surface area contributed by atoms with Crippen molar-refractivity contribution in [2.45, 2.75) is 16.2 Å². The number of rotatable bonds is 5. The van der Waals surface area contributed by atoms with Crippen LogP contribution in [0.4, 0.5) is 13.2 Å². The monoisotopic (exact) mass is 483 g/mol. The molecule has 0 fully saturated rings. The van der Waals surface area contributed by atoms with Crippen molar-refractivity contribution in [1.82, 2.24) is 0 Å².